The summed E-state index contributed by atoms with van der Waals surface area (Å²) < 4.78 is 6.39. The van der Waals surface area contributed by atoms with E-state index in [1.54, 1.807) is 0 Å². The quantitative estimate of drug-likeness (QED) is 0.713. The van der Waals surface area contributed by atoms with E-state index in [9.17, 15) is 4.79 Å². The van der Waals surface area contributed by atoms with Gasteiger partial charge in [0, 0.05) is 18.9 Å². The first-order valence-electron chi connectivity index (χ1n) is 10.2. The molecule has 1 saturated carbocycles. The monoisotopic (exact) mass is 351 g/mol. The zero-order chi connectivity index (χ0) is 16.6. The first kappa shape index (κ1) is 17.2. The van der Waals surface area contributed by atoms with E-state index in [1.807, 2.05) is 11.8 Å². The average molecular weight is 352 g/mol. The van der Waals surface area contributed by atoms with E-state index in [0.29, 0.717) is 24.3 Å². The number of thioether (sulfide) groups is 1. The molecule has 3 heterocycles. The van der Waals surface area contributed by atoms with Crippen molar-refractivity contribution in [3.63, 3.8) is 0 Å². The number of nitrogens with zero attached hydrogens (tertiary/aromatic N) is 1. The van der Waals surface area contributed by atoms with Crippen molar-refractivity contribution in [2.45, 2.75) is 76.4 Å². The minimum Gasteiger partial charge on any atom is -0.456 e. The molecule has 4 aliphatic rings. The summed E-state index contributed by atoms with van der Waals surface area (Å²) in [6, 6.07) is 0.520. The summed E-state index contributed by atoms with van der Waals surface area (Å²) in [6.45, 7) is 4.61. The summed E-state index contributed by atoms with van der Waals surface area (Å²) in [6.07, 6.45) is 10.9. The Bertz CT molecular complexity index is 457. The molecule has 24 heavy (non-hydrogen) atoms. The Morgan fingerprint density at radius 1 is 1.17 bits per heavy atom. The summed E-state index contributed by atoms with van der Waals surface area (Å²) in [7, 11) is 0. The number of carbonyl (C=O) groups is 1. The van der Waals surface area contributed by atoms with Crippen LogP contribution in [0.1, 0.15) is 64.7 Å². The lowest BCUT2D eigenvalue weighted by molar-refractivity contribution is -0.230. The molecule has 0 bridgehead atoms. The number of ether oxygens (including phenoxy) is 1. The third-order valence-electron chi connectivity index (χ3n) is 7.12. The van der Waals surface area contributed by atoms with Crippen molar-refractivity contribution in [2.24, 2.45) is 17.8 Å². The van der Waals surface area contributed by atoms with Crippen LogP contribution in [0.5, 0.6) is 0 Å². The second-order valence-corrected chi connectivity index (χ2v) is 9.95. The van der Waals surface area contributed by atoms with Gasteiger partial charge in [0.15, 0.2) is 0 Å². The summed E-state index contributed by atoms with van der Waals surface area (Å²) in [4.78, 5) is 15.3. The molecule has 0 aromatic carbocycles. The van der Waals surface area contributed by atoms with Gasteiger partial charge in [-0.25, -0.2) is 0 Å². The van der Waals surface area contributed by atoms with Crippen LogP contribution >= 0.6 is 11.8 Å². The van der Waals surface area contributed by atoms with Crippen molar-refractivity contribution in [3.05, 3.63) is 0 Å². The van der Waals surface area contributed by atoms with Crippen LogP contribution in [0.2, 0.25) is 0 Å². The molecule has 3 nitrogen and oxygen atoms in total. The molecule has 3 aliphatic heterocycles. The van der Waals surface area contributed by atoms with Gasteiger partial charge in [0.1, 0.15) is 5.60 Å². The molecule has 0 radical (unpaired) electrons. The van der Waals surface area contributed by atoms with Crippen molar-refractivity contribution >= 4 is 17.7 Å². The molecule has 1 aliphatic carbocycles. The molecule has 0 aromatic heterocycles. The summed E-state index contributed by atoms with van der Waals surface area (Å²) in [5.74, 6) is 4.50. The third kappa shape index (κ3) is 3.25. The van der Waals surface area contributed by atoms with E-state index in [1.165, 1.54) is 63.7 Å². The van der Waals surface area contributed by atoms with Gasteiger partial charge < -0.3 is 4.74 Å². The van der Waals surface area contributed by atoms with E-state index in [4.69, 9.17) is 4.74 Å². The zero-order valence-electron chi connectivity index (χ0n) is 15.2. The van der Waals surface area contributed by atoms with Crippen LogP contribution in [0, 0.1) is 17.8 Å². The Labute approximate surface area is 151 Å². The molecule has 0 N–H and O–H groups in total. The molecule has 4 rings (SSSR count). The lowest BCUT2D eigenvalue weighted by Gasteiger charge is -2.62. The van der Waals surface area contributed by atoms with Crippen LogP contribution in [0.25, 0.3) is 0 Å². The Balaban J connectivity index is 1.45. The fourth-order valence-corrected chi connectivity index (χ4v) is 6.90. The van der Waals surface area contributed by atoms with Gasteiger partial charge in [-0.3, -0.25) is 9.69 Å². The van der Waals surface area contributed by atoms with Crippen LogP contribution in [0.4, 0.5) is 0 Å². The van der Waals surface area contributed by atoms with Crippen molar-refractivity contribution in [2.75, 3.05) is 24.6 Å². The maximum atomic E-state index is 12.7. The van der Waals surface area contributed by atoms with Crippen LogP contribution < -0.4 is 0 Å². The topological polar surface area (TPSA) is 29.5 Å². The minimum atomic E-state index is -0.136. The molecular formula is C20H33NO2S. The molecule has 4 heteroatoms. The maximum Gasteiger partial charge on any atom is 0.306 e. The van der Waals surface area contributed by atoms with Crippen LogP contribution in [-0.4, -0.2) is 47.1 Å². The molecule has 3 saturated heterocycles. The van der Waals surface area contributed by atoms with Gasteiger partial charge in [0.05, 0.1) is 6.04 Å². The van der Waals surface area contributed by atoms with Crippen LogP contribution in [-0.2, 0) is 9.53 Å². The fourth-order valence-electron chi connectivity index (χ4n) is 5.61. The van der Waals surface area contributed by atoms with Gasteiger partial charge in [-0.05, 0) is 62.0 Å². The first-order chi connectivity index (χ1) is 11.7. The van der Waals surface area contributed by atoms with Crippen molar-refractivity contribution < 1.29 is 9.53 Å². The lowest BCUT2D eigenvalue weighted by Crippen LogP contribution is -2.75. The number of rotatable bonds is 4. The number of fused-ring (bicyclic) bond motifs is 1. The average Bonchev–Trinajstić information content (AvgIpc) is 3.06. The van der Waals surface area contributed by atoms with Gasteiger partial charge in [-0.15, -0.1) is 0 Å². The second kappa shape index (κ2) is 7.19. The van der Waals surface area contributed by atoms with E-state index in [2.05, 4.69) is 11.8 Å². The summed E-state index contributed by atoms with van der Waals surface area (Å²) in [5, 5.41) is 0. The second-order valence-electron chi connectivity index (χ2n) is 8.80. The maximum absolute atomic E-state index is 12.7. The number of hydrogen-bond acceptors (Lipinski definition) is 4. The highest BCUT2D eigenvalue weighted by Crippen LogP contribution is 2.49. The van der Waals surface area contributed by atoms with E-state index in [-0.39, 0.29) is 11.6 Å². The number of esters is 1. The van der Waals surface area contributed by atoms with E-state index in [0.717, 1.165) is 18.2 Å². The molecule has 0 spiro atoms. The van der Waals surface area contributed by atoms with Gasteiger partial charge in [-0.2, -0.15) is 11.8 Å². The fraction of sp³-hybridized carbons (Fsp3) is 0.950. The highest BCUT2D eigenvalue weighted by molar-refractivity contribution is 7.99. The van der Waals surface area contributed by atoms with Crippen molar-refractivity contribution in [1.29, 1.82) is 0 Å². The van der Waals surface area contributed by atoms with Gasteiger partial charge in [-0.1, -0.05) is 26.2 Å². The summed E-state index contributed by atoms with van der Waals surface area (Å²) in [5.41, 5.74) is -0.136. The Hall–Kier alpha value is -0.220. The molecule has 3 atom stereocenters. The number of carbonyl (C=O) groups excluding carboxylic acids is 1. The Morgan fingerprint density at radius 3 is 2.71 bits per heavy atom. The molecule has 0 amide bonds. The van der Waals surface area contributed by atoms with Gasteiger partial charge in [0.25, 0.3) is 0 Å². The largest absolute Gasteiger partial charge is 0.456 e. The molecule has 0 aromatic rings. The zero-order valence-corrected chi connectivity index (χ0v) is 16.0. The highest BCUT2D eigenvalue weighted by Gasteiger charge is 2.60. The Kier molecular flexibility index (Phi) is 5.15. The minimum absolute atomic E-state index is 0.103. The standard InChI is InChI=1S/C20H33NO2S/c1-15-5-7-17(8-6-15)20(14-21-10-3-2-4-18(20)21)23-19(22)12-16-9-11-24-13-16/h15-18H,2-14H2,1H3. The molecule has 4 fully saturated rings. The Morgan fingerprint density at radius 2 is 2.00 bits per heavy atom. The first-order valence-corrected chi connectivity index (χ1v) is 11.4. The van der Waals surface area contributed by atoms with E-state index < -0.39 is 0 Å². The van der Waals surface area contributed by atoms with Crippen molar-refractivity contribution in [3.8, 4) is 0 Å². The molecule has 136 valence electrons. The summed E-state index contributed by atoms with van der Waals surface area (Å²) >= 11 is 1.99. The predicted molar refractivity (Wildman–Crippen MR) is 99.2 cm³/mol. The number of piperidine rings is 1. The lowest BCUT2D eigenvalue weighted by atomic mass is 9.64. The molecular weight excluding hydrogens is 318 g/mol. The van der Waals surface area contributed by atoms with Gasteiger partial charge in [0.2, 0.25) is 0 Å². The van der Waals surface area contributed by atoms with Gasteiger partial charge >= 0.3 is 5.97 Å². The third-order valence-corrected chi connectivity index (χ3v) is 8.35. The van der Waals surface area contributed by atoms with Crippen LogP contribution in [0.15, 0.2) is 0 Å². The van der Waals surface area contributed by atoms with Crippen molar-refractivity contribution in [1.82, 2.24) is 4.90 Å². The number of hydrogen-bond donors (Lipinski definition) is 0. The SMILES string of the molecule is CC1CCC(C2(OC(=O)CC3CCSC3)CN3CCCCC32)CC1. The van der Waals surface area contributed by atoms with Crippen LogP contribution in [0.3, 0.4) is 0 Å². The highest BCUT2D eigenvalue weighted by atomic mass is 32.2. The van der Waals surface area contributed by atoms with E-state index >= 15 is 0 Å². The smallest absolute Gasteiger partial charge is 0.306 e. The predicted octanol–water partition coefficient (Wildman–Crippen LogP) is 4.11. The molecule has 3 unspecified atom stereocenters. The normalized spacial score (nSPS) is 43.0.